The molecule has 0 aliphatic carbocycles. The van der Waals surface area contributed by atoms with Crippen molar-refractivity contribution in [2.45, 2.75) is 96.8 Å². The average molecular weight is 395 g/mol. The zero-order valence-corrected chi connectivity index (χ0v) is 18.7. The molecule has 0 fully saturated rings. The first-order chi connectivity index (χ1) is 14.4. The summed E-state index contributed by atoms with van der Waals surface area (Å²) in [5.74, 6) is 1.01. The Hall–Kier alpha value is -1.76. The molecule has 29 heavy (non-hydrogen) atoms. The SMILES string of the molecule is CCCCCCCCCCCCCCCCOc1ccccc1-c1ccccc1. The van der Waals surface area contributed by atoms with Gasteiger partial charge in [0.1, 0.15) is 5.75 Å². The molecule has 0 atom stereocenters. The number of para-hydroxylation sites is 1. The van der Waals surface area contributed by atoms with E-state index in [2.05, 4.69) is 61.5 Å². The Balaban J connectivity index is 1.45. The molecule has 0 aromatic heterocycles. The third-order valence-corrected chi connectivity index (χ3v) is 5.73. The fourth-order valence-corrected chi connectivity index (χ4v) is 3.93. The Bertz CT molecular complexity index is 619. The highest BCUT2D eigenvalue weighted by molar-refractivity contribution is 5.70. The quantitative estimate of drug-likeness (QED) is 0.243. The van der Waals surface area contributed by atoms with Gasteiger partial charge in [0.15, 0.2) is 0 Å². The van der Waals surface area contributed by atoms with Crippen LogP contribution < -0.4 is 4.74 Å². The van der Waals surface area contributed by atoms with Gasteiger partial charge in [0.05, 0.1) is 6.61 Å². The van der Waals surface area contributed by atoms with E-state index >= 15 is 0 Å². The van der Waals surface area contributed by atoms with Gasteiger partial charge in [-0.15, -0.1) is 0 Å². The van der Waals surface area contributed by atoms with Crippen molar-refractivity contribution in [1.29, 1.82) is 0 Å². The lowest BCUT2D eigenvalue weighted by molar-refractivity contribution is 0.305. The van der Waals surface area contributed by atoms with Crippen molar-refractivity contribution >= 4 is 0 Å². The van der Waals surface area contributed by atoms with Crippen molar-refractivity contribution < 1.29 is 4.74 Å². The van der Waals surface area contributed by atoms with E-state index in [0.717, 1.165) is 18.8 Å². The number of hydrogen-bond acceptors (Lipinski definition) is 1. The van der Waals surface area contributed by atoms with E-state index in [1.165, 1.54) is 94.6 Å². The van der Waals surface area contributed by atoms with E-state index in [1.54, 1.807) is 0 Å². The first-order valence-electron chi connectivity index (χ1n) is 12.2. The smallest absolute Gasteiger partial charge is 0.127 e. The number of unbranched alkanes of at least 4 members (excludes halogenated alkanes) is 13. The Morgan fingerprint density at radius 1 is 0.517 bits per heavy atom. The van der Waals surface area contributed by atoms with E-state index in [9.17, 15) is 0 Å². The van der Waals surface area contributed by atoms with Crippen molar-refractivity contribution in [3.8, 4) is 16.9 Å². The second-order valence-corrected chi connectivity index (χ2v) is 8.31. The Morgan fingerprint density at radius 3 is 1.59 bits per heavy atom. The van der Waals surface area contributed by atoms with Crippen LogP contribution in [0.3, 0.4) is 0 Å². The Morgan fingerprint density at radius 2 is 1.00 bits per heavy atom. The van der Waals surface area contributed by atoms with E-state index in [0.29, 0.717) is 0 Å². The van der Waals surface area contributed by atoms with E-state index < -0.39 is 0 Å². The highest BCUT2D eigenvalue weighted by Crippen LogP contribution is 2.29. The zero-order valence-electron chi connectivity index (χ0n) is 18.7. The van der Waals surface area contributed by atoms with Gasteiger partial charge in [0, 0.05) is 5.56 Å². The van der Waals surface area contributed by atoms with E-state index in [4.69, 9.17) is 4.74 Å². The third-order valence-electron chi connectivity index (χ3n) is 5.73. The summed E-state index contributed by atoms with van der Waals surface area (Å²) in [6, 6.07) is 18.9. The zero-order chi connectivity index (χ0) is 20.4. The van der Waals surface area contributed by atoms with Gasteiger partial charge in [0.25, 0.3) is 0 Å². The lowest BCUT2D eigenvalue weighted by Crippen LogP contribution is -1.98. The molecule has 1 heteroatoms. The summed E-state index contributed by atoms with van der Waals surface area (Å²) >= 11 is 0. The molecular formula is C28H42O. The highest BCUT2D eigenvalue weighted by Gasteiger charge is 2.04. The van der Waals surface area contributed by atoms with Gasteiger partial charge in [-0.2, -0.15) is 0 Å². The maximum atomic E-state index is 6.10. The summed E-state index contributed by atoms with van der Waals surface area (Å²) in [5.41, 5.74) is 2.42. The molecule has 160 valence electrons. The molecule has 2 rings (SSSR count). The Labute approximate surface area is 179 Å². The molecule has 0 aliphatic heterocycles. The predicted octanol–water partition coefficient (Wildman–Crippen LogP) is 9.21. The summed E-state index contributed by atoms with van der Waals surface area (Å²) in [6.07, 6.45) is 19.5. The van der Waals surface area contributed by atoms with Gasteiger partial charge in [0.2, 0.25) is 0 Å². The summed E-state index contributed by atoms with van der Waals surface area (Å²) in [7, 11) is 0. The third kappa shape index (κ3) is 10.5. The topological polar surface area (TPSA) is 9.23 Å². The molecule has 0 radical (unpaired) electrons. The molecule has 1 nitrogen and oxygen atoms in total. The molecule has 2 aromatic carbocycles. The van der Waals surface area contributed by atoms with Crippen molar-refractivity contribution in [2.24, 2.45) is 0 Å². The number of rotatable bonds is 17. The normalized spacial score (nSPS) is 10.9. The van der Waals surface area contributed by atoms with Crippen LogP contribution in [0.25, 0.3) is 11.1 Å². The van der Waals surface area contributed by atoms with Crippen LogP contribution >= 0.6 is 0 Å². The minimum atomic E-state index is 0.821. The molecule has 0 N–H and O–H groups in total. The first-order valence-corrected chi connectivity index (χ1v) is 12.2. The van der Waals surface area contributed by atoms with Crippen LogP contribution in [-0.2, 0) is 0 Å². The predicted molar refractivity (Wildman–Crippen MR) is 128 cm³/mol. The number of hydrogen-bond donors (Lipinski definition) is 0. The van der Waals surface area contributed by atoms with Crippen LogP contribution in [0.15, 0.2) is 54.6 Å². The molecular weight excluding hydrogens is 352 g/mol. The first kappa shape index (κ1) is 23.5. The van der Waals surface area contributed by atoms with Gasteiger partial charge in [-0.3, -0.25) is 0 Å². The molecule has 0 aliphatic rings. The average Bonchev–Trinajstić information content (AvgIpc) is 2.77. The molecule has 0 heterocycles. The molecule has 0 spiro atoms. The van der Waals surface area contributed by atoms with Crippen LogP contribution in [0, 0.1) is 0 Å². The van der Waals surface area contributed by atoms with Gasteiger partial charge in [-0.05, 0) is 18.1 Å². The van der Waals surface area contributed by atoms with Crippen LogP contribution in [0.1, 0.15) is 96.8 Å². The standard InChI is InChI=1S/C28H42O/c1-2-3-4-5-6-7-8-9-10-11-12-13-14-20-25-29-28-24-19-18-23-27(28)26-21-16-15-17-22-26/h15-19,21-24H,2-14,20,25H2,1H3. The monoisotopic (exact) mass is 394 g/mol. The van der Waals surface area contributed by atoms with Crippen LogP contribution in [0.2, 0.25) is 0 Å². The number of ether oxygens (including phenoxy) is 1. The lowest BCUT2D eigenvalue weighted by atomic mass is 10.0. The largest absolute Gasteiger partial charge is 0.493 e. The fourth-order valence-electron chi connectivity index (χ4n) is 3.93. The van der Waals surface area contributed by atoms with Crippen molar-refractivity contribution in [2.75, 3.05) is 6.61 Å². The summed E-state index contributed by atoms with van der Waals surface area (Å²) in [4.78, 5) is 0. The second kappa shape index (κ2) is 16.1. The molecule has 2 aromatic rings. The van der Waals surface area contributed by atoms with Crippen molar-refractivity contribution in [3.63, 3.8) is 0 Å². The number of benzene rings is 2. The summed E-state index contributed by atoms with van der Waals surface area (Å²) in [6.45, 7) is 3.11. The van der Waals surface area contributed by atoms with Crippen LogP contribution in [-0.4, -0.2) is 6.61 Å². The molecule has 0 saturated carbocycles. The maximum absolute atomic E-state index is 6.10. The van der Waals surface area contributed by atoms with Crippen LogP contribution in [0.4, 0.5) is 0 Å². The van der Waals surface area contributed by atoms with Gasteiger partial charge < -0.3 is 4.74 Å². The van der Waals surface area contributed by atoms with Crippen LogP contribution in [0.5, 0.6) is 5.75 Å². The summed E-state index contributed by atoms with van der Waals surface area (Å²) in [5, 5.41) is 0. The van der Waals surface area contributed by atoms with E-state index in [1.807, 2.05) is 0 Å². The Kier molecular flexibility index (Phi) is 13.0. The van der Waals surface area contributed by atoms with Gasteiger partial charge in [-0.25, -0.2) is 0 Å². The van der Waals surface area contributed by atoms with Crippen molar-refractivity contribution in [1.82, 2.24) is 0 Å². The molecule has 0 saturated heterocycles. The van der Waals surface area contributed by atoms with Crippen molar-refractivity contribution in [3.05, 3.63) is 54.6 Å². The minimum absolute atomic E-state index is 0.821. The summed E-state index contributed by atoms with van der Waals surface area (Å²) < 4.78 is 6.10. The molecule has 0 amide bonds. The highest BCUT2D eigenvalue weighted by atomic mass is 16.5. The van der Waals surface area contributed by atoms with Gasteiger partial charge in [-0.1, -0.05) is 139 Å². The van der Waals surface area contributed by atoms with Gasteiger partial charge >= 0.3 is 0 Å². The maximum Gasteiger partial charge on any atom is 0.127 e. The molecule has 0 bridgehead atoms. The second-order valence-electron chi connectivity index (χ2n) is 8.31. The minimum Gasteiger partial charge on any atom is -0.493 e. The fraction of sp³-hybridized carbons (Fsp3) is 0.571. The molecule has 0 unspecified atom stereocenters. The lowest BCUT2D eigenvalue weighted by Gasteiger charge is -2.11. The van der Waals surface area contributed by atoms with E-state index in [-0.39, 0.29) is 0 Å².